The van der Waals surface area contributed by atoms with Gasteiger partial charge < -0.3 is 10.0 Å². The molecular weight excluding hydrogens is 299 g/mol. The summed E-state index contributed by atoms with van der Waals surface area (Å²) in [4.78, 5) is 1.82. The van der Waals surface area contributed by atoms with Gasteiger partial charge >= 0.3 is 6.18 Å². The van der Waals surface area contributed by atoms with E-state index in [-0.39, 0.29) is 0 Å². The van der Waals surface area contributed by atoms with Crippen molar-refractivity contribution < 1.29 is 18.3 Å². The first-order valence-corrected chi connectivity index (χ1v) is 5.82. The lowest BCUT2D eigenvalue weighted by Gasteiger charge is -2.46. The molecule has 0 aliphatic carbocycles. The average molecular weight is 310 g/mol. The van der Waals surface area contributed by atoms with Gasteiger partial charge in [0.1, 0.15) is 0 Å². The number of β-amino-alcohol motifs (C(OH)–C–C–N with tert-alkyl or cyclic N) is 1. The third-order valence-electron chi connectivity index (χ3n) is 2.68. The summed E-state index contributed by atoms with van der Waals surface area (Å²) in [5, 5.41) is 9.58. The van der Waals surface area contributed by atoms with Crippen molar-refractivity contribution in [2.75, 3.05) is 18.0 Å². The Morgan fingerprint density at radius 2 is 1.94 bits per heavy atom. The third kappa shape index (κ3) is 2.57. The normalized spacial score (nSPS) is 19.1. The quantitative estimate of drug-likeness (QED) is 0.862. The van der Waals surface area contributed by atoms with Crippen molar-refractivity contribution in [3.63, 3.8) is 0 Å². The van der Waals surface area contributed by atoms with Crippen molar-refractivity contribution in [1.29, 1.82) is 0 Å². The molecule has 1 aromatic carbocycles. The maximum atomic E-state index is 12.4. The van der Waals surface area contributed by atoms with Crippen molar-refractivity contribution in [2.24, 2.45) is 0 Å². The van der Waals surface area contributed by atoms with Crippen molar-refractivity contribution in [2.45, 2.75) is 18.7 Å². The number of hydrogen-bond donors (Lipinski definition) is 1. The zero-order valence-electron chi connectivity index (χ0n) is 9.05. The van der Waals surface area contributed by atoms with E-state index >= 15 is 0 Å². The lowest BCUT2D eigenvalue weighted by atomic mass is 9.96. The molecule has 94 valence electrons. The minimum atomic E-state index is -4.33. The smallest absolute Gasteiger partial charge is 0.386 e. The van der Waals surface area contributed by atoms with Gasteiger partial charge in [0.15, 0.2) is 0 Å². The zero-order valence-corrected chi connectivity index (χ0v) is 10.6. The zero-order chi connectivity index (χ0) is 12.8. The number of aliphatic hydroxyl groups is 1. The van der Waals surface area contributed by atoms with Gasteiger partial charge in [-0.15, -0.1) is 0 Å². The second-order valence-electron chi connectivity index (χ2n) is 4.52. The second kappa shape index (κ2) is 3.88. The molecule has 0 aromatic heterocycles. The van der Waals surface area contributed by atoms with Crippen LogP contribution in [0.3, 0.4) is 0 Å². The van der Waals surface area contributed by atoms with E-state index < -0.39 is 17.3 Å². The van der Waals surface area contributed by atoms with Gasteiger partial charge in [-0.3, -0.25) is 0 Å². The maximum Gasteiger partial charge on any atom is 0.416 e. The molecule has 0 unspecified atom stereocenters. The topological polar surface area (TPSA) is 23.5 Å². The average Bonchev–Trinajstić information content (AvgIpc) is 2.12. The van der Waals surface area contributed by atoms with Gasteiger partial charge in [-0.1, -0.05) is 0 Å². The SMILES string of the molecule is CC1(O)CN(c2ccc(C(F)(F)F)cc2Br)C1. The van der Waals surface area contributed by atoms with Gasteiger partial charge in [0.05, 0.1) is 16.9 Å². The number of rotatable bonds is 1. The molecule has 0 amide bonds. The van der Waals surface area contributed by atoms with Gasteiger partial charge in [0, 0.05) is 17.6 Å². The highest BCUT2D eigenvalue weighted by Crippen LogP contribution is 2.37. The number of nitrogens with zero attached hydrogens (tertiary/aromatic N) is 1. The van der Waals surface area contributed by atoms with Crippen LogP contribution in [0.5, 0.6) is 0 Å². The minimum Gasteiger partial charge on any atom is -0.386 e. The second-order valence-corrected chi connectivity index (χ2v) is 5.37. The van der Waals surface area contributed by atoms with E-state index in [0.717, 1.165) is 12.1 Å². The van der Waals surface area contributed by atoms with Gasteiger partial charge in [-0.25, -0.2) is 0 Å². The number of anilines is 1. The Kier molecular flexibility index (Phi) is 2.90. The Bertz CT molecular complexity index is 437. The number of hydrogen-bond acceptors (Lipinski definition) is 2. The molecule has 0 bridgehead atoms. The third-order valence-corrected chi connectivity index (χ3v) is 3.31. The highest BCUT2D eigenvalue weighted by atomic mass is 79.9. The van der Waals surface area contributed by atoms with Crippen molar-refractivity contribution in [3.8, 4) is 0 Å². The van der Waals surface area contributed by atoms with E-state index in [1.165, 1.54) is 6.07 Å². The van der Waals surface area contributed by atoms with Crippen LogP contribution in [-0.2, 0) is 6.18 Å². The Labute approximate surface area is 105 Å². The van der Waals surface area contributed by atoms with E-state index in [1.54, 1.807) is 6.92 Å². The summed E-state index contributed by atoms with van der Waals surface area (Å²) in [5.41, 5.74) is -0.757. The molecule has 2 rings (SSSR count). The Morgan fingerprint density at radius 1 is 1.35 bits per heavy atom. The highest BCUT2D eigenvalue weighted by molar-refractivity contribution is 9.10. The summed E-state index contributed by atoms with van der Waals surface area (Å²) in [6, 6.07) is 3.53. The van der Waals surface area contributed by atoms with Gasteiger partial charge in [-0.2, -0.15) is 13.2 Å². The molecule has 1 aliphatic heterocycles. The molecule has 17 heavy (non-hydrogen) atoms. The fourth-order valence-corrected chi connectivity index (χ4v) is 2.52. The number of benzene rings is 1. The van der Waals surface area contributed by atoms with Gasteiger partial charge in [0.2, 0.25) is 0 Å². The van der Waals surface area contributed by atoms with Gasteiger partial charge in [0.25, 0.3) is 0 Å². The molecule has 1 aliphatic rings. The predicted octanol–water partition coefficient (Wildman–Crippen LogP) is 3.04. The van der Waals surface area contributed by atoms with Crippen molar-refractivity contribution in [1.82, 2.24) is 0 Å². The molecule has 2 nitrogen and oxygen atoms in total. The molecule has 0 atom stereocenters. The molecule has 1 saturated heterocycles. The van der Waals surface area contributed by atoms with Crippen LogP contribution in [0, 0.1) is 0 Å². The minimum absolute atomic E-state index is 0.392. The monoisotopic (exact) mass is 309 g/mol. The molecule has 0 spiro atoms. The predicted molar refractivity (Wildman–Crippen MR) is 62.0 cm³/mol. The summed E-state index contributed by atoms with van der Waals surface area (Å²) >= 11 is 3.13. The van der Waals surface area contributed by atoms with Crippen molar-refractivity contribution >= 4 is 21.6 Å². The molecule has 6 heteroatoms. The first kappa shape index (κ1) is 12.7. The summed E-state index contributed by atoms with van der Waals surface area (Å²) in [5.74, 6) is 0. The van der Waals surface area contributed by atoms with E-state index in [0.29, 0.717) is 23.2 Å². The van der Waals surface area contributed by atoms with E-state index in [9.17, 15) is 18.3 Å². The summed E-state index contributed by atoms with van der Waals surface area (Å²) in [6.07, 6.45) is -4.33. The number of halogens is 4. The largest absolute Gasteiger partial charge is 0.416 e. The van der Waals surface area contributed by atoms with Crippen LogP contribution in [-0.4, -0.2) is 23.8 Å². The maximum absolute atomic E-state index is 12.4. The molecule has 1 heterocycles. The standard InChI is InChI=1S/C11H11BrF3NO/c1-10(17)5-16(6-10)9-3-2-7(4-8(9)12)11(13,14)15/h2-4,17H,5-6H2,1H3. The van der Waals surface area contributed by atoms with Crippen LogP contribution in [0.4, 0.5) is 18.9 Å². The summed E-state index contributed by atoms with van der Waals surface area (Å²) in [7, 11) is 0. The Balaban J connectivity index is 2.22. The van der Waals surface area contributed by atoms with Crippen LogP contribution in [0.2, 0.25) is 0 Å². The van der Waals surface area contributed by atoms with E-state index in [1.807, 2.05) is 4.90 Å². The van der Waals surface area contributed by atoms with Crippen molar-refractivity contribution in [3.05, 3.63) is 28.2 Å². The first-order valence-electron chi connectivity index (χ1n) is 5.03. The van der Waals surface area contributed by atoms with Crippen LogP contribution in [0.1, 0.15) is 12.5 Å². The van der Waals surface area contributed by atoms with Crippen LogP contribution in [0.15, 0.2) is 22.7 Å². The molecule has 1 aromatic rings. The Morgan fingerprint density at radius 3 is 2.35 bits per heavy atom. The summed E-state index contributed by atoms with van der Waals surface area (Å²) < 4.78 is 37.7. The molecule has 1 fully saturated rings. The fraction of sp³-hybridized carbons (Fsp3) is 0.455. The highest BCUT2D eigenvalue weighted by Gasteiger charge is 2.38. The Hall–Kier alpha value is -0.750. The lowest BCUT2D eigenvalue weighted by molar-refractivity contribution is -0.137. The van der Waals surface area contributed by atoms with E-state index in [4.69, 9.17) is 0 Å². The molecular formula is C11H11BrF3NO. The van der Waals surface area contributed by atoms with Crippen LogP contribution in [0.25, 0.3) is 0 Å². The van der Waals surface area contributed by atoms with E-state index in [2.05, 4.69) is 15.9 Å². The molecule has 0 radical (unpaired) electrons. The van der Waals surface area contributed by atoms with Crippen LogP contribution >= 0.6 is 15.9 Å². The first-order chi connectivity index (χ1) is 7.69. The van der Waals surface area contributed by atoms with Crippen LogP contribution < -0.4 is 4.90 Å². The lowest BCUT2D eigenvalue weighted by Crippen LogP contribution is -2.60. The fourth-order valence-electron chi connectivity index (χ4n) is 1.89. The number of alkyl halides is 3. The molecule has 0 saturated carbocycles. The van der Waals surface area contributed by atoms with Gasteiger partial charge in [-0.05, 0) is 41.1 Å². The summed E-state index contributed by atoms with van der Waals surface area (Å²) in [6.45, 7) is 2.55. The molecule has 1 N–H and O–H groups in total.